The van der Waals surface area contributed by atoms with Gasteiger partial charge in [-0.2, -0.15) is 0 Å². The first-order valence-corrected chi connectivity index (χ1v) is 9.94. The van der Waals surface area contributed by atoms with Gasteiger partial charge in [0.2, 0.25) is 15.9 Å². The summed E-state index contributed by atoms with van der Waals surface area (Å²) < 4.78 is 27.7. The van der Waals surface area contributed by atoms with Crippen molar-refractivity contribution in [3.63, 3.8) is 0 Å². The molecule has 0 saturated carbocycles. The van der Waals surface area contributed by atoms with Gasteiger partial charge in [-0.05, 0) is 36.6 Å². The first-order valence-electron chi connectivity index (χ1n) is 8.46. The van der Waals surface area contributed by atoms with E-state index in [1.165, 1.54) is 0 Å². The topological polar surface area (TPSA) is 75.3 Å². The van der Waals surface area contributed by atoms with Crippen molar-refractivity contribution in [2.75, 3.05) is 6.54 Å². The van der Waals surface area contributed by atoms with Crippen LogP contribution in [-0.4, -0.2) is 20.9 Å². The van der Waals surface area contributed by atoms with Gasteiger partial charge in [0.15, 0.2) is 0 Å². The summed E-state index contributed by atoms with van der Waals surface area (Å²) in [6, 6.07) is 15.7. The van der Waals surface area contributed by atoms with Crippen LogP contribution in [0.5, 0.6) is 0 Å². The summed E-state index contributed by atoms with van der Waals surface area (Å²) in [5.74, 6) is -0.0556. The maximum Gasteiger partial charge on any atom is 0.241 e. The fourth-order valence-corrected chi connectivity index (χ4v) is 3.71. The molecule has 2 rings (SSSR count). The van der Waals surface area contributed by atoms with Crippen molar-refractivity contribution in [3.8, 4) is 0 Å². The highest BCUT2D eigenvalue weighted by atomic mass is 32.2. The monoisotopic (exact) mass is 372 g/mol. The molecule has 0 saturated heterocycles. The molecule has 0 aromatic heterocycles. The van der Waals surface area contributed by atoms with Gasteiger partial charge in [-0.25, -0.2) is 13.1 Å². The van der Waals surface area contributed by atoms with Gasteiger partial charge in [0.1, 0.15) is 0 Å². The minimum absolute atomic E-state index is 0.0556. The molecular formula is C20H24N2O3S. The summed E-state index contributed by atoms with van der Waals surface area (Å²) in [5.41, 5.74) is 1.81. The third kappa shape index (κ3) is 5.82. The van der Waals surface area contributed by atoms with E-state index >= 15 is 0 Å². The van der Waals surface area contributed by atoms with Crippen LogP contribution in [-0.2, 0) is 21.2 Å². The maximum absolute atomic E-state index is 12.5. The van der Waals surface area contributed by atoms with Crippen molar-refractivity contribution in [1.29, 1.82) is 0 Å². The molecule has 0 radical (unpaired) electrons. The second kappa shape index (κ2) is 9.31. The van der Waals surface area contributed by atoms with Crippen LogP contribution in [0.3, 0.4) is 0 Å². The molecule has 5 nitrogen and oxygen atoms in total. The van der Waals surface area contributed by atoms with Gasteiger partial charge in [0.05, 0.1) is 4.90 Å². The second-order valence-corrected chi connectivity index (χ2v) is 7.70. The number of benzene rings is 2. The number of carbonyl (C=O) groups excluding carboxylic acids is 1. The van der Waals surface area contributed by atoms with Gasteiger partial charge >= 0.3 is 0 Å². The number of nitrogens with one attached hydrogen (secondary N) is 2. The third-order valence-electron chi connectivity index (χ3n) is 3.95. The van der Waals surface area contributed by atoms with Crippen molar-refractivity contribution in [2.45, 2.75) is 30.7 Å². The number of carbonyl (C=O) groups is 1. The highest BCUT2D eigenvalue weighted by Gasteiger charge is 2.18. The number of sulfonamides is 1. The van der Waals surface area contributed by atoms with E-state index in [1.807, 2.05) is 37.3 Å². The molecular weight excluding hydrogens is 348 g/mol. The normalized spacial score (nSPS) is 12.3. The third-order valence-corrected chi connectivity index (χ3v) is 5.51. The molecule has 138 valence electrons. The Hall–Kier alpha value is -2.44. The molecule has 0 aliphatic heterocycles. The van der Waals surface area contributed by atoms with E-state index in [1.54, 1.807) is 30.3 Å². The van der Waals surface area contributed by atoms with Crippen LogP contribution in [0.2, 0.25) is 0 Å². The largest absolute Gasteiger partial charge is 0.353 e. The molecule has 0 spiro atoms. The van der Waals surface area contributed by atoms with Crippen LogP contribution in [0.15, 0.2) is 72.1 Å². The first-order chi connectivity index (χ1) is 12.4. The zero-order chi connectivity index (χ0) is 19.0. The van der Waals surface area contributed by atoms with Crippen LogP contribution in [0.25, 0.3) is 0 Å². The van der Waals surface area contributed by atoms with Crippen LogP contribution in [0, 0.1) is 0 Å². The number of aryl methyl sites for hydroxylation is 1. The van der Waals surface area contributed by atoms with Crippen LogP contribution < -0.4 is 10.0 Å². The number of rotatable bonds is 9. The average molecular weight is 372 g/mol. The molecule has 1 atom stereocenters. The fraction of sp³-hybridized carbons (Fsp3) is 0.250. The Kier molecular flexibility index (Phi) is 7.12. The summed E-state index contributed by atoms with van der Waals surface area (Å²) in [7, 11) is -3.61. The lowest BCUT2D eigenvalue weighted by Crippen LogP contribution is -2.26. The molecule has 1 amide bonds. The van der Waals surface area contributed by atoms with Crippen molar-refractivity contribution in [3.05, 3.63) is 78.4 Å². The van der Waals surface area contributed by atoms with E-state index in [0.29, 0.717) is 19.4 Å². The molecule has 26 heavy (non-hydrogen) atoms. The molecule has 0 fully saturated rings. The zero-order valence-corrected chi connectivity index (χ0v) is 15.6. The quantitative estimate of drug-likeness (QED) is 0.665. The van der Waals surface area contributed by atoms with Crippen molar-refractivity contribution in [2.24, 2.45) is 0 Å². The average Bonchev–Trinajstić information content (AvgIpc) is 2.65. The summed E-state index contributed by atoms with van der Waals surface area (Å²) >= 11 is 0. The smallest absolute Gasteiger partial charge is 0.241 e. The molecule has 2 N–H and O–H groups in total. The van der Waals surface area contributed by atoms with E-state index in [2.05, 4.69) is 16.6 Å². The minimum atomic E-state index is -3.61. The van der Waals surface area contributed by atoms with E-state index in [9.17, 15) is 13.2 Å². The molecule has 0 aliphatic carbocycles. The Bertz CT molecular complexity index is 831. The van der Waals surface area contributed by atoms with Gasteiger partial charge in [0.25, 0.3) is 0 Å². The second-order valence-electron chi connectivity index (χ2n) is 5.99. The molecule has 2 aromatic rings. The van der Waals surface area contributed by atoms with Crippen molar-refractivity contribution in [1.82, 2.24) is 10.0 Å². The molecule has 0 bridgehead atoms. The van der Waals surface area contributed by atoms with E-state index in [-0.39, 0.29) is 16.8 Å². The number of hydrogen-bond donors (Lipinski definition) is 2. The van der Waals surface area contributed by atoms with Gasteiger partial charge < -0.3 is 5.32 Å². The van der Waals surface area contributed by atoms with Gasteiger partial charge in [-0.1, -0.05) is 48.5 Å². The molecule has 0 aliphatic rings. The molecule has 0 unspecified atom stereocenters. The van der Waals surface area contributed by atoms with E-state index in [4.69, 9.17) is 0 Å². The lowest BCUT2D eigenvalue weighted by molar-refractivity contribution is -0.120. The SMILES string of the molecule is C=CCNC(=O)CCc1ccc(S(=O)(=O)N[C@@H](C)c2ccccc2)cc1. The predicted molar refractivity (Wildman–Crippen MR) is 103 cm³/mol. The van der Waals surface area contributed by atoms with E-state index < -0.39 is 10.0 Å². The van der Waals surface area contributed by atoms with Crippen molar-refractivity contribution < 1.29 is 13.2 Å². The predicted octanol–water partition coefficient (Wildman–Crippen LogP) is 2.96. The number of hydrogen-bond acceptors (Lipinski definition) is 3. The highest BCUT2D eigenvalue weighted by molar-refractivity contribution is 7.89. The standard InChI is InChI=1S/C20H24N2O3S/c1-3-15-21-20(23)14-11-17-9-12-19(13-10-17)26(24,25)22-16(2)18-7-5-4-6-8-18/h3-10,12-13,16,22H,1,11,14-15H2,2H3,(H,21,23)/t16-/m0/s1. The Morgan fingerprint density at radius 3 is 2.38 bits per heavy atom. The van der Waals surface area contributed by atoms with Crippen LogP contribution >= 0.6 is 0 Å². The Morgan fingerprint density at radius 1 is 1.12 bits per heavy atom. The number of amides is 1. The van der Waals surface area contributed by atoms with Crippen LogP contribution in [0.1, 0.15) is 30.5 Å². The summed E-state index contributed by atoms with van der Waals surface area (Å²) in [6.07, 6.45) is 2.53. The van der Waals surface area contributed by atoms with Crippen LogP contribution in [0.4, 0.5) is 0 Å². The van der Waals surface area contributed by atoms with E-state index in [0.717, 1.165) is 11.1 Å². The van der Waals surface area contributed by atoms with Gasteiger partial charge in [-0.3, -0.25) is 4.79 Å². The first kappa shape index (κ1) is 19.9. The summed E-state index contributed by atoms with van der Waals surface area (Å²) in [6.45, 7) is 5.80. The van der Waals surface area contributed by atoms with Gasteiger partial charge in [0, 0.05) is 19.0 Å². The highest BCUT2D eigenvalue weighted by Crippen LogP contribution is 2.17. The lowest BCUT2D eigenvalue weighted by atomic mass is 10.1. The lowest BCUT2D eigenvalue weighted by Gasteiger charge is -2.15. The zero-order valence-electron chi connectivity index (χ0n) is 14.8. The fourth-order valence-electron chi connectivity index (χ4n) is 2.48. The minimum Gasteiger partial charge on any atom is -0.353 e. The summed E-state index contributed by atoms with van der Waals surface area (Å²) in [4.78, 5) is 11.8. The molecule has 6 heteroatoms. The maximum atomic E-state index is 12.5. The van der Waals surface area contributed by atoms with Gasteiger partial charge in [-0.15, -0.1) is 6.58 Å². The Labute approximate surface area is 155 Å². The van der Waals surface area contributed by atoms with Crippen molar-refractivity contribution >= 4 is 15.9 Å². The summed E-state index contributed by atoms with van der Waals surface area (Å²) in [5, 5.41) is 2.71. The molecule has 2 aromatic carbocycles. The Morgan fingerprint density at radius 2 is 1.77 bits per heavy atom. The molecule has 0 heterocycles. The Balaban J connectivity index is 1.97.